The van der Waals surface area contributed by atoms with E-state index in [2.05, 4.69) is 10.6 Å². The summed E-state index contributed by atoms with van der Waals surface area (Å²) in [7, 11) is 1.58. The molecule has 3 aromatic rings. The Morgan fingerprint density at radius 3 is 2.19 bits per heavy atom. The van der Waals surface area contributed by atoms with Crippen LogP contribution in [0.2, 0.25) is 5.02 Å². The smallest absolute Gasteiger partial charge is 0.358 e. The molecule has 0 aromatic heterocycles. The molecule has 0 aliphatic rings. The Morgan fingerprint density at radius 1 is 0.938 bits per heavy atom. The van der Waals surface area contributed by atoms with Crippen molar-refractivity contribution < 1.29 is 18.0 Å². The van der Waals surface area contributed by atoms with Gasteiger partial charge in [-0.2, -0.15) is 13.2 Å². The zero-order valence-electron chi connectivity index (χ0n) is 17.5. The van der Waals surface area contributed by atoms with E-state index in [1.54, 1.807) is 13.1 Å². The van der Waals surface area contributed by atoms with E-state index in [0.29, 0.717) is 17.9 Å². The van der Waals surface area contributed by atoms with Gasteiger partial charge in [-0.3, -0.25) is 10.1 Å². The summed E-state index contributed by atoms with van der Waals surface area (Å²) in [6, 6.07) is 21.0. The zero-order valence-corrected chi connectivity index (χ0v) is 18.3. The minimum atomic E-state index is -4.36. The summed E-state index contributed by atoms with van der Waals surface area (Å²) in [6.07, 6.45) is -3.27. The SMILES string of the molecule is CNC(=O)[C@H](N[C@H](CCc1ccc(C(F)(F)F)cc1)c1cccc(Cl)c1)c1ccccc1. The average Bonchev–Trinajstić information content (AvgIpc) is 2.79. The fraction of sp³-hybridized carbons (Fsp3) is 0.240. The summed E-state index contributed by atoms with van der Waals surface area (Å²) in [5.41, 5.74) is 1.82. The predicted molar refractivity (Wildman–Crippen MR) is 120 cm³/mol. The first kappa shape index (κ1) is 23.8. The minimum absolute atomic E-state index is 0.183. The van der Waals surface area contributed by atoms with Gasteiger partial charge >= 0.3 is 6.18 Å². The van der Waals surface area contributed by atoms with Crippen molar-refractivity contribution in [1.29, 1.82) is 0 Å². The maximum Gasteiger partial charge on any atom is 0.416 e. The second kappa shape index (κ2) is 10.7. The number of rotatable bonds is 8. The van der Waals surface area contributed by atoms with Crippen molar-refractivity contribution in [3.05, 3.63) is 106 Å². The van der Waals surface area contributed by atoms with Crippen LogP contribution >= 0.6 is 11.6 Å². The molecule has 0 aliphatic carbocycles. The molecule has 3 nitrogen and oxygen atoms in total. The van der Waals surface area contributed by atoms with Crippen molar-refractivity contribution in [2.24, 2.45) is 0 Å². The predicted octanol–water partition coefficient (Wildman–Crippen LogP) is 6.11. The summed E-state index contributed by atoms with van der Waals surface area (Å²) >= 11 is 6.20. The Labute approximate surface area is 190 Å². The Kier molecular flexibility index (Phi) is 7.94. The molecule has 0 radical (unpaired) electrons. The van der Waals surface area contributed by atoms with Crippen molar-refractivity contribution in [2.75, 3.05) is 7.05 Å². The van der Waals surface area contributed by atoms with Crippen LogP contribution in [0.15, 0.2) is 78.9 Å². The monoisotopic (exact) mass is 460 g/mol. The highest BCUT2D eigenvalue weighted by atomic mass is 35.5. The fourth-order valence-electron chi connectivity index (χ4n) is 3.56. The number of nitrogens with one attached hydrogen (secondary N) is 2. The molecule has 3 rings (SSSR count). The molecule has 0 bridgehead atoms. The maximum atomic E-state index is 12.8. The number of amides is 1. The fourth-order valence-corrected chi connectivity index (χ4v) is 3.75. The molecule has 0 unspecified atom stereocenters. The summed E-state index contributed by atoms with van der Waals surface area (Å²) in [5, 5.41) is 6.68. The van der Waals surface area contributed by atoms with Crippen LogP contribution in [0.4, 0.5) is 13.2 Å². The third kappa shape index (κ3) is 6.34. The van der Waals surface area contributed by atoms with Crippen molar-refractivity contribution in [2.45, 2.75) is 31.1 Å². The van der Waals surface area contributed by atoms with Gasteiger partial charge in [0.15, 0.2) is 0 Å². The van der Waals surface area contributed by atoms with Gasteiger partial charge in [-0.15, -0.1) is 0 Å². The summed E-state index contributed by atoms with van der Waals surface area (Å²) in [6.45, 7) is 0. The lowest BCUT2D eigenvalue weighted by Gasteiger charge is -2.26. The first-order valence-electron chi connectivity index (χ1n) is 10.2. The normalized spacial score (nSPS) is 13.4. The molecule has 32 heavy (non-hydrogen) atoms. The van der Waals surface area contributed by atoms with Gasteiger partial charge in [0.1, 0.15) is 6.04 Å². The lowest BCUT2D eigenvalue weighted by atomic mass is 9.96. The van der Waals surface area contributed by atoms with Crippen LogP contribution in [-0.4, -0.2) is 13.0 Å². The topological polar surface area (TPSA) is 41.1 Å². The van der Waals surface area contributed by atoms with Gasteiger partial charge in [0, 0.05) is 18.1 Å². The number of alkyl halides is 3. The van der Waals surface area contributed by atoms with Crippen LogP contribution in [0.3, 0.4) is 0 Å². The van der Waals surface area contributed by atoms with E-state index in [1.165, 1.54) is 12.1 Å². The van der Waals surface area contributed by atoms with Crippen LogP contribution in [-0.2, 0) is 17.4 Å². The Bertz CT molecular complexity index is 1020. The molecule has 0 spiro atoms. The van der Waals surface area contributed by atoms with Gasteiger partial charge in [-0.1, -0.05) is 66.2 Å². The highest BCUT2D eigenvalue weighted by Crippen LogP contribution is 2.30. The van der Waals surface area contributed by atoms with E-state index in [4.69, 9.17) is 11.6 Å². The van der Waals surface area contributed by atoms with Crippen molar-refractivity contribution >= 4 is 17.5 Å². The van der Waals surface area contributed by atoms with E-state index in [0.717, 1.165) is 28.8 Å². The van der Waals surface area contributed by atoms with Gasteiger partial charge in [0.2, 0.25) is 5.91 Å². The molecule has 0 heterocycles. The largest absolute Gasteiger partial charge is 0.416 e. The number of hydrogen-bond donors (Lipinski definition) is 2. The number of hydrogen-bond acceptors (Lipinski definition) is 2. The van der Waals surface area contributed by atoms with Gasteiger partial charge in [0.05, 0.1) is 5.56 Å². The molecule has 0 fully saturated rings. The molecule has 2 N–H and O–H groups in total. The van der Waals surface area contributed by atoms with E-state index in [-0.39, 0.29) is 11.9 Å². The molecule has 3 aromatic carbocycles. The van der Waals surface area contributed by atoms with Crippen LogP contribution < -0.4 is 10.6 Å². The number of halogens is 4. The number of likely N-dealkylation sites (N-methyl/N-ethyl adjacent to an activating group) is 1. The lowest BCUT2D eigenvalue weighted by Crippen LogP contribution is -2.38. The minimum Gasteiger partial charge on any atom is -0.358 e. The number of carbonyl (C=O) groups excluding carboxylic acids is 1. The van der Waals surface area contributed by atoms with E-state index < -0.39 is 17.8 Å². The van der Waals surface area contributed by atoms with Gasteiger partial charge in [-0.25, -0.2) is 0 Å². The third-order valence-electron chi connectivity index (χ3n) is 5.26. The molecule has 1 amide bonds. The van der Waals surface area contributed by atoms with Crippen molar-refractivity contribution in [3.8, 4) is 0 Å². The van der Waals surface area contributed by atoms with Crippen LogP contribution in [0.1, 0.15) is 40.8 Å². The molecule has 168 valence electrons. The van der Waals surface area contributed by atoms with Crippen LogP contribution in [0.5, 0.6) is 0 Å². The number of aryl methyl sites for hydroxylation is 1. The van der Waals surface area contributed by atoms with Crippen molar-refractivity contribution in [3.63, 3.8) is 0 Å². The van der Waals surface area contributed by atoms with Crippen LogP contribution in [0.25, 0.3) is 0 Å². The second-order valence-electron chi connectivity index (χ2n) is 7.47. The van der Waals surface area contributed by atoms with E-state index in [1.807, 2.05) is 48.5 Å². The number of carbonyl (C=O) groups is 1. The van der Waals surface area contributed by atoms with E-state index >= 15 is 0 Å². The Hall–Kier alpha value is -2.83. The molecule has 7 heteroatoms. The summed E-state index contributed by atoms with van der Waals surface area (Å²) in [5.74, 6) is -0.183. The van der Waals surface area contributed by atoms with Crippen LogP contribution in [0, 0.1) is 0 Å². The maximum absolute atomic E-state index is 12.8. The molecule has 0 saturated heterocycles. The second-order valence-corrected chi connectivity index (χ2v) is 7.90. The molecular formula is C25H24ClF3N2O. The lowest BCUT2D eigenvalue weighted by molar-refractivity contribution is -0.137. The zero-order chi connectivity index (χ0) is 23.1. The average molecular weight is 461 g/mol. The number of benzene rings is 3. The molecule has 2 atom stereocenters. The van der Waals surface area contributed by atoms with Crippen molar-refractivity contribution in [1.82, 2.24) is 10.6 Å². The first-order valence-corrected chi connectivity index (χ1v) is 10.6. The summed E-state index contributed by atoms with van der Waals surface area (Å²) < 4.78 is 38.5. The third-order valence-corrected chi connectivity index (χ3v) is 5.50. The van der Waals surface area contributed by atoms with Gasteiger partial charge in [-0.05, 0) is 53.8 Å². The molecule has 0 aliphatic heterocycles. The summed E-state index contributed by atoms with van der Waals surface area (Å²) in [4.78, 5) is 12.6. The van der Waals surface area contributed by atoms with E-state index in [9.17, 15) is 18.0 Å². The Morgan fingerprint density at radius 2 is 1.59 bits per heavy atom. The highest BCUT2D eigenvalue weighted by Gasteiger charge is 2.30. The highest BCUT2D eigenvalue weighted by molar-refractivity contribution is 6.30. The standard InChI is InChI=1S/C25H24ClF3N2O/c1-30-24(32)23(18-6-3-2-4-7-18)31-22(19-8-5-9-21(26)16-19)15-12-17-10-13-20(14-11-17)25(27,28)29/h2-11,13-14,16,22-23,31H,12,15H2,1H3,(H,30,32)/t22-,23-/m1/s1. The van der Waals surface area contributed by atoms with Gasteiger partial charge < -0.3 is 5.32 Å². The molecule has 0 saturated carbocycles. The van der Waals surface area contributed by atoms with Gasteiger partial charge in [0.25, 0.3) is 0 Å². The molecular weight excluding hydrogens is 437 g/mol. The first-order chi connectivity index (χ1) is 15.3. The quantitative estimate of drug-likeness (QED) is 0.426. The Balaban J connectivity index is 1.84.